The zero-order chi connectivity index (χ0) is 10.5. The fourth-order valence-corrected chi connectivity index (χ4v) is 2.63. The highest BCUT2D eigenvalue weighted by atomic mass is 28.2. The summed E-state index contributed by atoms with van der Waals surface area (Å²) in [6, 6.07) is 18.4. The Bertz CT molecular complexity index is 426. The van der Waals surface area contributed by atoms with Gasteiger partial charge in [0.1, 0.15) is 9.52 Å². The van der Waals surface area contributed by atoms with E-state index in [1.54, 1.807) is 0 Å². The highest BCUT2D eigenvalue weighted by Crippen LogP contribution is 1.95. The van der Waals surface area contributed by atoms with Crippen LogP contribution in [0.4, 0.5) is 0 Å². The molecule has 0 aromatic heterocycles. The molecule has 0 amide bonds. The molecule has 0 spiro atoms. The molecule has 0 unspecified atom stereocenters. The highest BCUT2D eigenvalue weighted by molar-refractivity contribution is 6.67. The predicted molar refractivity (Wildman–Crippen MR) is 63.8 cm³/mol. The van der Waals surface area contributed by atoms with E-state index < -0.39 is 0 Å². The van der Waals surface area contributed by atoms with Crippen LogP contribution >= 0.6 is 0 Å². The smallest absolute Gasteiger partial charge is 0.122 e. The Morgan fingerprint density at radius 1 is 0.867 bits per heavy atom. The van der Waals surface area contributed by atoms with Crippen molar-refractivity contribution in [1.29, 1.82) is 0 Å². The summed E-state index contributed by atoms with van der Waals surface area (Å²) in [5.74, 6) is 0. The van der Waals surface area contributed by atoms with Crippen LogP contribution in [0.3, 0.4) is 0 Å². The van der Waals surface area contributed by atoms with Gasteiger partial charge in [0.25, 0.3) is 0 Å². The lowest BCUT2D eigenvalue weighted by Gasteiger charge is -2.05. The van der Waals surface area contributed by atoms with Crippen molar-refractivity contribution in [2.45, 2.75) is 6.61 Å². The zero-order valence-electron chi connectivity index (χ0n) is 8.35. The second kappa shape index (κ2) is 4.91. The number of hydrogen-bond donors (Lipinski definition) is 1. The molecule has 0 saturated carbocycles. The van der Waals surface area contributed by atoms with Crippen LogP contribution in [0, 0.1) is 0 Å². The van der Waals surface area contributed by atoms with Gasteiger partial charge in [-0.1, -0.05) is 65.0 Å². The quantitative estimate of drug-likeness (QED) is 0.747. The monoisotopic (exact) mass is 212 g/mol. The summed E-state index contributed by atoms with van der Waals surface area (Å²) in [5.41, 5.74) is 1.03. The molecule has 2 heteroatoms. The van der Waals surface area contributed by atoms with Crippen LogP contribution in [0.2, 0.25) is 0 Å². The molecule has 0 heterocycles. The number of aliphatic hydroxyl groups excluding tert-OH is 1. The molecule has 0 aliphatic rings. The van der Waals surface area contributed by atoms with Crippen molar-refractivity contribution in [3.63, 3.8) is 0 Å². The number of aliphatic hydroxyl groups is 1. The Kier molecular flexibility index (Phi) is 3.32. The molecule has 0 saturated heterocycles. The van der Waals surface area contributed by atoms with Gasteiger partial charge >= 0.3 is 0 Å². The fraction of sp³-hybridized carbons (Fsp3) is 0.0769. The second-order valence-corrected chi connectivity index (χ2v) is 4.67. The summed E-state index contributed by atoms with van der Waals surface area (Å²) >= 11 is 0. The minimum atomic E-state index is 0.121. The first-order chi connectivity index (χ1) is 7.40. The first-order valence-corrected chi connectivity index (χ1v) is 5.91. The van der Waals surface area contributed by atoms with E-state index in [1.807, 2.05) is 36.4 Å². The average Bonchev–Trinajstić information content (AvgIpc) is 2.31. The molecule has 0 bridgehead atoms. The minimum Gasteiger partial charge on any atom is -0.392 e. The summed E-state index contributed by atoms with van der Waals surface area (Å²) in [5, 5.41) is 11.7. The summed E-state index contributed by atoms with van der Waals surface area (Å²) < 4.78 is 0. The van der Waals surface area contributed by atoms with Crippen molar-refractivity contribution in [3.8, 4) is 0 Å². The van der Waals surface area contributed by atoms with Gasteiger partial charge < -0.3 is 5.11 Å². The van der Waals surface area contributed by atoms with E-state index in [4.69, 9.17) is 0 Å². The Balaban J connectivity index is 2.24. The van der Waals surface area contributed by atoms with Crippen LogP contribution in [0.1, 0.15) is 5.56 Å². The van der Waals surface area contributed by atoms with E-state index in [-0.39, 0.29) is 6.61 Å². The van der Waals surface area contributed by atoms with Gasteiger partial charge in [-0.05, 0) is 5.56 Å². The van der Waals surface area contributed by atoms with Gasteiger partial charge in [0.05, 0.1) is 6.61 Å². The molecule has 0 aliphatic heterocycles. The van der Waals surface area contributed by atoms with Crippen molar-refractivity contribution in [2.24, 2.45) is 0 Å². The lowest BCUT2D eigenvalue weighted by atomic mass is 10.2. The van der Waals surface area contributed by atoms with Gasteiger partial charge in [0.15, 0.2) is 0 Å². The minimum absolute atomic E-state index is 0.121. The number of hydrogen-bond acceptors (Lipinski definition) is 1. The Morgan fingerprint density at radius 2 is 1.53 bits per heavy atom. The summed E-state index contributed by atoms with van der Waals surface area (Å²) in [7, 11) is 0.622. The zero-order valence-corrected chi connectivity index (χ0v) is 9.35. The van der Waals surface area contributed by atoms with Crippen molar-refractivity contribution in [3.05, 3.63) is 60.2 Å². The third-order valence-electron chi connectivity index (χ3n) is 2.24. The third-order valence-corrected chi connectivity index (χ3v) is 3.62. The molecular weight excluding hydrogens is 200 g/mol. The van der Waals surface area contributed by atoms with Gasteiger partial charge in [-0.2, -0.15) is 0 Å². The molecule has 0 fully saturated rings. The van der Waals surface area contributed by atoms with E-state index >= 15 is 0 Å². The maximum Gasteiger partial charge on any atom is 0.122 e. The normalized spacial score (nSPS) is 10.2. The molecule has 2 radical (unpaired) electrons. The standard InChI is InChI=1S/C13H12OSi/c14-10-11-6-4-5-9-13(11)15-12-7-2-1-3-8-12/h1-9,14H,10H2. The van der Waals surface area contributed by atoms with Crippen molar-refractivity contribution in [1.82, 2.24) is 0 Å². The molecule has 15 heavy (non-hydrogen) atoms. The van der Waals surface area contributed by atoms with Crippen LogP contribution in [0.5, 0.6) is 0 Å². The maximum absolute atomic E-state index is 9.20. The van der Waals surface area contributed by atoms with E-state index in [0.29, 0.717) is 9.52 Å². The molecule has 2 aromatic rings. The lowest BCUT2D eigenvalue weighted by molar-refractivity contribution is 0.283. The Hall–Kier alpha value is -1.38. The maximum atomic E-state index is 9.20. The molecule has 1 nitrogen and oxygen atoms in total. The largest absolute Gasteiger partial charge is 0.392 e. The van der Waals surface area contributed by atoms with Gasteiger partial charge in [-0.15, -0.1) is 0 Å². The summed E-state index contributed by atoms with van der Waals surface area (Å²) in [4.78, 5) is 0. The van der Waals surface area contributed by atoms with Crippen LogP contribution in [-0.4, -0.2) is 14.6 Å². The van der Waals surface area contributed by atoms with Gasteiger partial charge in [0, 0.05) is 0 Å². The molecule has 2 rings (SSSR count). The summed E-state index contributed by atoms with van der Waals surface area (Å²) in [6.07, 6.45) is 0. The number of benzene rings is 2. The van der Waals surface area contributed by atoms with E-state index in [1.165, 1.54) is 10.4 Å². The Morgan fingerprint density at radius 3 is 2.27 bits per heavy atom. The van der Waals surface area contributed by atoms with Crippen LogP contribution in [0.25, 0.3) is 0 Å². The molecule has 1 N–H and O–H groups in total. The SMILES string of the molecule is OCc1ccccc1[Si]c1ccccc1. The summed E-state index contributed by atoms with van der Waals surface area (Å²) in [6.45, 7) is 0.121. The van der Waals surface area contributed by atoms with Crippen molar-refractivity contribution >= 4 is 19.9 Å². The van der Waals surface area contributed by atoms with Gasteiger partial charge in [-0.3, -0.25) is 0 Å². The molecule has 2 aromatic carbocycles. The van der Waals surface area contributed by atoms with E-state index in [2.05, 4.69) is 18.2 Å². The second-order valence-electron chi connectivity index (χ2n) is 3.31. The number of rotatable bonds is 3. The van der Waals surface area contributed by atoms with E-state index in [0.717, 1.165) is 5.56 Å². The molecule has 0 atom stereocenters. The van der Waals surface area contributed by atoms with Crippen LogP contribution in [0.15, 0.2) is 54.6 Å². The predicted octanol–water partition coefficient (Wildman–Crippen LogP) is 0.834. The van der Waals surface area contributed by atoms with Crippen LogP contribution < -0.4 is 10.4 Å². The van der Waals surface area contributed by atoms with Crippen molar-refractivity contribution in [2.75, 3.05) is 0 Å². The van der Waals surface area contributed by atoms with E-state index in [9.17, 15) is 5.11 Å². The third kappa shape index (κ3) is 2.55. The van der Waals surface area contributed by atoms with Crippen LogP contribution in [-0.2, 0) is 6.61 Å². The molecular formula is C13H12OSi. The fourth-order valence-electron chi connectivity index (χ4n) is 1.46. The average molecular weight is 212 g/mol. The van der Waals surface area contributed by atoms with Gasteiger partial charge in [-0.25, -0.2) is 0 Å². The highest BCUT2D eigenvalue weighted by Gasteiger charge is 2.02. The molecule has 0 aliphatic carbocycles. The van der Waals surface area contributed by atoms with Crippen molar-refractivity contribution < 1.29 is 5.11 Å². The first-order valence-electron chi connectivity index (χ1n) is 4.91. The topological polar surface area (TPSA) is 20.2 Å². The first kappa shape index (κ1) is 10.1. The van der Waals surface area contributed by atoms with Gasteiger partial charge in [0.2, 0.25) is 0 Å². The lowest BCUT2D eigenvalue weighted by Crippen LogP contribution is -2.29. The Labute approximate surface area is 92.2 Å². The molecule has 74 valence electrons.